The Morgan fingerprint density at radius 1 is 1.30 bits per heavy atom. The van der Waals surface area contributed by atoms with E-state index in [1.54, 1.807) is 35.1 Å². The second kappa shape index (κ2) is 9.72. The molecule has 0 radical (unpaired) electrons. The molecule has 0 unspecified atom stereocenters. The highest BCUT2D eigenvalue weighted by Crippen LogP contribution is 2.44. The summed E-state index contributed by atoms with van der Waals surface area (Å²) in [5.74, 6) is 1.38. The number of ether oxygens (including phenoxy) is 1. The molecule has 5 nitrogen and oxygen atoms in total. The molecule has 0 aliphatic carbocycles. The lowest BCUT2D eigenvalue weighted by Gasteiger charge is -2.32. The van der Waals surface area contributed by atoms with Gasteiger partial charge in [-0.05, 0) is 56.3 Å². The van der Waals surface area contributed by atoms with Crippen molar-refractivity contribution in [3.63, 3.8) is 0 Å². The summed E-state index contributed by atoms with van der Waals surface area (Å²) >= 11 is 3.45. The van der Waals surface area contributed by atoms with E-state index in [0.717, 1.165) is 45.4 Å². The fourth-order valence-electron chi connectivity index (χ4n) is 3.91. The fourth-order valence-corrected chi connectivity index (χ4v) is 5.58. The van der Waals surface area contributed by atoms with Gasteiger partial charge in [0.2, 0.25) is 0 Å². The van der Waals surface area contributed by atoms with E-state index in [9.17, 15) is 4.79 Å². The number of halogens is 1. The predicted octanol–water partition coefficient (Wildman–Crippen LogP) is 6.64. The number of aryl methyl sites for hydroxylation is 1. The first-order chi connectivity index (χ1) is 15.1. The van der Waals surface area contributed by atoms with E-state index in [1.165, 1.54) is 5.56 Å². The number of fused-ring (bicyclic) bond motifs is 3. The van der Waals surface area contributed by atoms with Crippen LogP contribution in [0, 0.1) is 0 Å². The minimum absolute atomic E-state index is 0. The standard InChI is InChI=1S/C25H31N3O2S2.ClH/c1-15(2)32-20-14-17-16(13-18(20)30-7)10-11-28-22(17)21(19-9-8-12-31-19)26-23(28)24(29)27(6)25(3,4)5;/h8-9,12-15H,10-11H2,1-7H3;1H. The topological polar surface area (TPSA) is 47.4 Å². The van der Waals surface area contributed by atoms with E-state index in [0.29, 0.717) is 11.1 Å². The van der Waals surface area contributed by atoms with Crippen LogP contribution in [0.1, 0.15) is 50.8 Å². The number of imidazole rings is 1. The molecular formula is C25H32ClN3O2S2. The number of carbonyl (C=O) groups excluding carboxylic acids is 1. The van der Waals surface area contributed by atoms with Gasteiger partial charge in [0, 0.05) is 29.9 Å². The SMILES string of the molecule is COc1cc2c(cc1SC(C)C)-c1c(-c3cccs3)nc(C(=O)N(C)C(C)(C)C)n1CC2.Cl. The number of benzene rings is 1. The van der Waals surface area contributed by atoms with Crippen molar-refractivity contribution < 1.29 is 9.53 Å². The zero-order valence-corrected chi connectivity index (χ0v) is 22.7. The van der Waals surface area contributed by atoms with Gasteiger partial charge in [0.15, 0.2) is 5.82 Å². The first-order valence-corrected chi connectivity index (χ1v) is 12.7. The number of carbonyl (C=O) groups is 1. The van der Waals surface area contributed by atoms with Gasteiger partial charge in [-0.3, -0.25) is 4.79 Å². The molecule has 0 N–H and O–H groups in total. The number of hydrogen-bond donors (Lipinski definition) is 0. The molecule has 1 aliphatic heterocycles. The Balaban J connectivity index is 0.00000306. The average Bonchev–Trinajstić information content (AvgIpc) is 3.38. The van der Waals surface area contributed by atoms with Crippen molar-refractivity contribution in [2.24, 2.45) is 0 Å². The van der Waals surface area contributed by atoms with Gasteiger partial charge >= 0.3 is 0 Å². The van der Waals surface area contributed by atoms with Crippen LogP contribution in [-0.4, -0.2) is 45.3 Å². The van der Waals surface area contributed by atoms with Crippen LogP contribution in [0.25, 0.3) is 21.8 Å². The van der Waals surface area contributed by atoms with Crippen molar-refractivity contribution in [3.8, 4) is 27.6 Å². The zero-order chi connectivity index (χ0) is 23.2. The van der Waals surface area contributed by atoms with E-state index in [-0.39, 0.29) is 23.9 Å². The number of hydrogen-bond acceptors (Lipinski definition) is 5. The molecule has 0 spiro atoms. The van der Waals surface area contributed by atoms with Gasteiger partial charge in [-0.1, -0.05) is 19.9 Å². The van der Waals surface area contributed by atoms with Crippen molar-refractivity contribution in [1.82, 2.24) is 14.5 Å². The molecule has 178 valence electrons. The van der Waals surface area contributed by atoms with Crippen molar-refractivity contribution in [2.45, 2.75) is 63.3 Å². The largest absolute Gasteiger partial charge is 0.496 e. The number of thioether (sulfide) groups is 1. The minimum atomic E-state index is -0.284. The first kappa shape index (κ1) is 25.7. The minimum Gasteiger partial charge on any atom is -0.496 e. The highest BCUT2D eigenvalue weighted by molar-refractivity contribution is 8.00. The summed E-state index contributed by atoms with van der Waals surface area (Å²) in [6.07, 6.45) is 0.838. The maximum atomic E-state index is 13.5. The maximum absolute atomic E-state index is 13.5. The second-order valence-corrected chi connectivity index (χ2v) is 11.9. The average molecular weight is 506 g/mol. The molecule has 2 aromatic heterocycles. The van der Waals surface area contributed by atoms with Gasteiger partial charge < -0.3 is 14.2 Å². The molecule has 0 saturated heterocycles. The number of thiophene rings is 1. The Kier molecular flexibility index (Phi) is 7.56. The smallest absolute Gasteiger partial charge is 0.290 e. The van der Waals surface area contributed by atoms with Crippen LogP contribution in [0.5, 0.6) is 5.75 Å². The molecule has 8 heteroatoms. The molecule has 0 saturated carbocycles. The Bertz CT molecular complexity index is 1150. The zero-order valence-electron chi connectivity index (χ0n) is 20.3. The lowest BCUT2D eigenvalue weighted by molar-refractivity contribution is 0.0638. The monoisotopic (exact) mass is 505 g/mol. The number of methoxy groups -OCH3 is 1. The summed E-state index contributed by atoms with van der Waals surface area (Å²) in [6, 6.07) is 8.51. The van der Waals surface area contributed by atoms with Crippen molar-refractivity contribution >= 4 is 41.4 Å². The molecule has 0 bridgehead atoms. The van der Waals surface area contributed by atoms with Crippen LogP contribution < -0.4 is 4.74 Å². The number of amides is 1. The Hall–Kier alpha value is -1.96. The van der Waals surface area contributed by atoms with Gasteiger partial charge in [0.05, 0.1) is 22.6 Å². The maximum Gasteiger partial charge on any atom is 0.290 e. The highest BCUT2D eigenvalue weighted by Gasteiger charge is 2.33. The summed E-state index contributed by atoms with van der Waals surface area (Å²) in [7, 11) is 3.59. The summed E-state index contributed by atoms with van der Waals surface area (Å²) in [4.78, 5) is 22.4. The van der Waals surface area contributed by atoms with Crippen molar-refractivity contribution in [2.75, 3.05) is 14.2 Å². The number of nitrogens with zero attached hydrogens (tertiary/aromatic N) is 3. The predicted molar refractivity (Wildman–Crippen MR) is 141 cm³/mol. The van der Waals surface area contributed by atoms with Crippen LogP contribution in [0.4, 0.5) is 0 Å². The van der Waals surface area contributed by atoms with Crippen LogP contribution >= 0.6 is 35.5 Å². The fraction of sp³-hybridized carbons (Fsp3) is 0.440. The van der Waals surface area contributed by atoms with Gasteiger partial charge in [-0.15, -0.1) is 35.5 Å². The quantitative estimate of drug-likeness (QED) is 0.365. The Labute approximate surface area is 211 Å². The first-order valence-electron chi connectivity index (χ1n) is 10.9. The molecule has 0 fully saturated rings. The number of rotatable bonds is 5. The lowest BCUT2D eigenvalue weighted by Crippen LogP contribution is -2.43. The van der Waals surface area contributed by atoms with Gasteiger partial charge in [-0.25, -0.2) is 4.98 Å². The molecule has 1 aliphatic rings. The summed E-state index contributed by atoms with van der Waals surface area (Å²) < 4.78 is 7.84. The van der Waals surface area contributed by atoms with Crippen LogP contribution in [0.3, 0.4) is 0 Å². The van der Waals surface area contributed by atoms with E-state index in [2.05, 4.69) is 42.0 Å². The molecule has 3 heterocycles. The summed E-state index contributed by atoms with van der Waals surface area (Å²) in [5, 5.41) is 2.49. The van der Waals surface area contributed by atoms with E-state index < -0.39 is 0 Å². The molecule has 4 rings (SSSR count). The van der Waals surface area contributed by atoms with E-state index in [4.69, 9.17) is 9.72 Å². The van der Waals surface area contributed by atoms with Crippen LogP contribution in [0.2, 0.25) is 0 Å². The number of aromatic nitrogens is 2. The third kappa shape index (κ3) is 4.81. The molecule has 3 aromatic rings. The highest BCUT2D eigenvalue weighted by atomic mass is 35.5. The third-order valence-electron chi connectivity index (χ3n) is 5.84. The van der Waals surface area contributed by atoms with Crippen molar-refractivity contribution in [1.29, 1.82) is 0 Å². The Morgan fingerprint density at radius 3 is 2.61 bits per heavy atom. The normalized spacial score (nSPS) is 12.7. The van der Waals surface area contributed by atoms with Crippen LogP contribution in [-0.2, 0) is 13.0 Å². The van der Waals surface area contributed by atoms with E-state index >= 15 is 0 Å². The second-order valence-electron chi connectivity index (χ2n) is 9.37. The molecular weight excluding hydrogens is 474 g/mol. The molecule has 33 heavy (non-hydrogen) atoms. The molecule has 1 aromatic carbocycles. The summed E-state index contributed by atoms with van der Waals surface area (Å²) in [6.45, 7) is 11.2. The van der Waals surface area contributed by atoms with Gasteiger partial charge in [-0.2, -0.15) is 0 Å². The van der Waals surface area contributed by atoms with Crippen LogP contribution in [0.15, 0.2) is 34.5 Å². The molecule has 1 amide bonds. The molecule has 0 atom stereocenters. The lowest BCUT2D eigenvalue weighted by atomic mass is 9.96. The van der Waals surface area contributed by atoms with Crippen molar-refractivity contribution in [3.05, 3.63) is 41.0 Å². The summed E-state index contributed by atoms with van der Waals surface area (Å²) in [5.41, 5.74) is 4.02. The van der Waals surface area contributed by atoms with Gasteiger partial charge in [0.25, 0.3) is 5.91 Å². The Morgan fingerprint density at radius 2 is 2.03 bits per heavy atom. The van der Waals surface area contributed by atoms with Gasteiger partial charge in [0.1, 0.15) is 11.4 Å². The third-order valence-corrected chi connectivity index (χ3v) is 7.76. The van der Waals surface area contributed by atoms with E-state index in [1.807, 2.05) is 33.9 Å².